The smallest absolute Gasteiger partial charge is 0.314 e. The van der Waals surface area contributed by atoms with Crippen molar-refractivity contribution in [1.29, 1.82) is 0 Å². The van der Waals surface area contributed by atoms with Crippen LogP contribution in [0.15, 0.2) is 83.4 Å². The molecule has 1 saturated carbocycles. The van der Waals surface area contributed by atoms with Crippen LogP contribution in [0, 0.1) is 6.92 Å². The summed E-state index contributed by atoms with van der Waals surface area (Å²) in [6, 6.07) is 24.8. The minimum Gasteiger partial charge on any atom is -0.486 e. The van der Waals surface area contributed by atoms with E-state index in [1.807, 2.05) is 85.8 Å². The van der Waals surface area contributed by atoms with Crippen LogP contribution < -0.4 is 4.74 Å². The van der Waals surface area contributed by atoms with Crippen molar-refractivity contribution in [2.45, 2.75) is 31.6 Å². The summed E-state index contributed by atoms with van der Waals surface area (Å²) >= 11 is 0. The molecule has 5 rings (SSSR count). The van der Waals surface area contributed by atoms with Crippen molar-refractivity contribution < 1.29 is 24.0 Å². The third kappa shape index (κ3) is 4.60. The van der Waals surface area contributed by atoms with Crippen LogP contribution in [0.2, 0.25) is 0 Å². The molecule has 0 saturated heterocycles. The molecule has 6 heteroatoms. The first kappa shape index (κ1) is 22.6. The third-order valence-electron chi connectivity index (χ3n) is 6.58. The third-order valence-corrected chi connectivity index (χ3v) is 6.58. The highest BCUT2D eigenvalue weighted by Gasteiger charge is 2.51. The number of ether oxygens (including phenoxy) is 1. The van der Waals surface area contributed by atoms with E-state index in [1.165, 1.54) is 0 Å². The Morgan fingerprint density at radius 1 is 0.914 bits per heavy atom. The molecule has 0 spiro atoms. The molecule has 0 bridgehead atoms. The Morgan fingerprint density at radius 2 is 1.51 bits per heavy atom. The summed E-state index contributed by atoms with van der Waals surface area (Å²) in [6.07, 6.45) is 1.55. The molecule has 0 aliphatic heterocycles. The number of carboxylic acids is 1. The molecule has 35 heavy (non-hydrogen) atoms. The van der Waals surface area contributed by atoms with Gasteiger partial charge < -0.3 is 14.4 Å². The van der Waals surface area contributed by atoms with Crippen LogP contribution in [0.1, 0.15) is 29.7 Å². The van der Waals surface area contributed by atoms with E-state index in [9.17, 15) is 14.7 Å². The molecule has 0 unspecified atom stereocenters. The zero-order valence-electron chi connectivity index (χ0n) is 19.4. The standard InChI is InChI=1S/C29H25NO5/c1-19-26(17-24(31)18-34-25-5-3-2-4-6-25)27(35-30-19)22-9-7-20(8-10-22)21-11-13-23(14-12-21)29(15-16-29)28(32)33/h2-14H,15-18H2,1H3,(H,32,33). The van der Waals surface area contributed by atoms with Crippen LogP contribution in [0.4, 0.5) is 0 Å². The maximum Gasteiger partial charge on any atom is 0.314 e. The zero-order valence-corrected chi connectivity index (χ0v) is 19.4. The van der Waals surface area contributed by atoms with Gasteiger partial charge in [0.25, 0.3) is 0 Å². The normalized spacial score (nSPS) is 13.9. The number of carboxylic acid groups (broad SMARTS) is 1. The van der Waals surface area contributed by atoms with Crippen LogP contribution >= 0.6 is 0 Å². The van der Waals surface area contributed by atoms with Crippen molar-refractivity contribution in [2.24, 2.45) is 0 Å². The predicted octanol–water partition coefficient (Wildman–Crippen LogP) is 5.62. The fraction of sp³-hybridized carbons (Fsp3) is 0.207. The lowest BCUT2D eigenvalue weighted by molar-refractivity contribution is -0.140. The van der Waals surface area contributed by atoms with E-state index in [2.05, 4.69) is 5.16 Å². The molecule has 176 valence electrons. The van der Waals surface area contributed by atoms with Gasteiger partial charge in [0, 0.05) is 17.5 Å². The lowest BCUT2D eigenvalue weighted by Crippen LogP contribution is -2.19. The first-order valence-corrected chi connectivity index (χ1v) is 11.6. The Morgan fingerprint density at radius 3 is 2.11 bits per heavy atom. The average molecular weight is 468 g/mol. The summed E-state index contributed by atoms with van der Waals surface area (Å²) < 4.78 is 11.2. The van der Waals surface area contributed by atoms with Gasteiger partial charge in [-0.3, -0.25) is 9.59 Å². The minimum absolute atomic E-state index is 0.0217. The second kappa shape index (κ2) is 9.22. The molecule has 0 radical (unpaired) electrons. The van der Waals surface area contributed by atoms with Gasteiger partial charge >= 0.3 is 5.97 Å². The molecule has 1 aromatic heterocycles. The molecule has 1 N–H and O–H groups in total. The lowest BCUT2D eigenvalue weighted by Gasteiger charge is -2.11. The monoisotopic (exact) mass is 467 g/mol. The largest absolute Gasteiger partial charge is 0.486 e. The molecular weight excluding hydrogens is 442 g/mol. The Hall–Kier alpha value is -4.19. The van der Waals surface area contributed by atoms with Crippen LogP contribution in [-0.2, 0) is 21.4 Å². The second-order valence-electron chi connectivity index (χ2n) is 8.93. The molecule has 4 aromatic rings. The van der Waals surface area contributed by atoms with E-state index in [0.717, 1.165) is 27.8 Å². The molecule has 1 fully saturated rings. The number of aliphatic carboxylic acids is 1. The Labute approximate surface area is 203 Å². The van der Waals surface area contributed by atoms with Gasteiger partial charge in [-0.05, 0) is 48.6 Å². The highest BCUT2D eigenvalue weighted by atomic mass is 16.5. The van der Waals surface area contributed by atoms with E-state index >= 15 is 0 Å². The Kier molecular flexibility index (Phi) is 5.95. The summed E-state index contributed by atoms with van der Waals surface area (Å²) in [5, 5.41) is 13.6. The molecular formula is C29H25NO5. The number of benzene rings is 3. The number of para-hydroxylation sites is 1. The second-order valence-corrected chi connectivity index (χ2v) is 8.93. The number of rotatable bonds is 9. The van der Waals surface area contributed by atoms with Gasteiger partial charge in [-0.2, -0.15) is 0 Å². The molecule has 6 nitrogen and oxygen atoms in total. The summed E-state index contributed by atoms with van der Waals surface area (Å²) in [4.78, 5) is 24.1. The van der Waals surface area contributed by atoms with Gasteiger partial charge in [-0.1, -0.05) is 71.9 Å². The molecule has 0 atom stereocenters. The molecule has 0 amide bonds. The quantitative estimate of drug-likeness (QED) is 0.343. The van der Waals surface area contributed by atoms with Crippen molar-refractivity contribution in [3.8, 4) is 28.2 Å². The van der Waals surface area contributed by atoms with Crippen LogP contribution in [0.25, 0.3) is 22.5 Å². The topological polar surface area (TPSA) is 89.6 Å². The fourth-order valence-corrected chi connectivity index (χ4v) is 4.30. The molecule has 3 aromatic carbocycles. The molecule has 1 aliphatic rings. The van der Waals surface area contributed by atoms with Gasteiger partial charge in [-0.15, -0.1) is 0 Å². The number of carbonyl (C=O) groups is 2. The number of nitrogens with zero attached hydrogens (tertiary/aromatic N) is 1. The van der Waals surface area contributed by atoms with Crippen molar-refractivity contribution in [2.75, 3.05) is 6.61 Å². The number of aryl methyl sites for hydroxylation is 1. The van der Waals surface area contributed by atoms with Crippen molar-refractivity contribution in [3.05, 3.63) is 95.7 Å². The number of carbonyl (C=O) groups excluding carboxylic acids is 1. The van der Waals surface area contributed by atoms with Gasteiger partial charge in [0.15, 0.2) is 11.5 Å². The number of hydrogen-bond donors (Lipinski definition) is 1. The van der Waals surface area contributed by atoms with E-state index in [0.29, 0.717) is 30.0 Å². The highest BCUT2D eigenvalue weighted by molar-refractivity contribution is 5.86. The lowest BCUT2D eigenvalue weighted by atomic mass is 9.93. The fourth-order valence-electron chi connectivity index (χ4n) is 4.30. The number of Topliss-reactive ketones (excluding diaryl/α,β-unsaturated/α-hetero) is 1. The predicted molar refractivity (Wildman–Crippen MR) is 131 cm³/mol. The van der Waals surface area contributed by atoms with E-state index in [-0.39, 0.29) is 18.8 Å². The Bertz CT molecular complexity index is 1350. The zero-order chi connectivity index (χ0) is 24.4. The first-order valence-electron chi connectivity index (χ1n) is 11.6. The average Bonchev–Trinajstić information content (AvgIpc) is 3.63. The summed E-state index contributed by atoms with van der Waals surface area (Å²) in [7, 11) is 0. The SMILES string of the molecule is Cc1noc(-c2ccc(-c3ccc(C4(C(=O)O)CC4)cc3)cc2)c1CC(=O)COc1ccccc1. The van der Waals surface area contributed by atoms with Gasteiger partial charge in [-0.25, -0.2) is 0 Å². The summed E-state index contributed by atoms with van der Waals surface area (Å²) in [5.74, 6) is 0.419. The van der Waals surface area contributed by atoms with Gasteiger partial charge in [0.2, 0.25) is 0 Å². The van der Waals surface area contributed by atoms with Crippen molar-refractivity contribution in [3.63, 3.8) is 0 Å². The van der Waals surface area contributed by atoms with Crippen LogP contribution in [0.3, 0.4) is 0 Å². The van der Waals surface area contributed by atoms with E-state index in [1.54, 1.807) is 0 Å². The van der Waals surface area contributed by atoms with Crippen molar-refractivity contribution in [1.82, 2.24) is 5.16 Å². The summed E-state index contributed by atoms with van der Waals surface area (Å²) in [5.41, 5.74) is 4.43. The Balaban J connectivity index is 1.29. The summed E-state index contributed by atoms with van der Waals surface area (Å²) in [6.45, 7) is 1.81. The van der Waals surface area contributed by atoms with Gasteiger partial charge in [0.1, 0.15) is 12.4 Å². The number of ketones is 1. The minimum atomic E-state index is -0.752. The highest BCUT2D eigenvalue weighted by Crippen LogP contribution is 2.48. The van der Waals surface area contributed by atoms with E-state index < -0.39 is 11.4 Å². The van der Waals surface area contributed by atoms with Crippen LogP contribution in [0.5, 0.6) is 5.75 Å². The maximum absolute atomic E-state index is 12.6. The maximum atomic E-state index is 12.6. The number of hydrogen-bond acceptors (Lipinski definition) is 5. The molecule has 1 aliphatic carbocycles. The number of aromatic nitrogens is 1. The van der Waals surface area contributed by atoms with E-state index in [4.69, 9.17) is 9.26 Å². The van der Waals surface area contributed by atoms with Crippen molar-refractivity contribution >= 4 is 11.8 Å². The molecule has 1 heterocycles. The van der Waals surface area contributed by atoms with Gasteiger partial charge in [0.05, 0.1) is 11.1 Å². The van der Waals surface area contributed by atoms with Crippen LogP contribution in [-0.4, -0.2) is 28.6 Å². The first-order chi connectivity index (χ1) is 17.0.